The van der Waals surface area contributed by atoms with Crippen LogP contribution in [0.4, 0.5) is 5.00 Å². The average molecular weight is 499 g/mol. The number of aryl methyl sites for hydroxylation is 1. The number of fused-ring (bicyclic) bond motifs is 1. The van der Waals surface area contributed by atoms with Crippen LogP contribution in [0, 0.1) is 6.92 Å². The Balaban J connectivity index is 1.83. The number of hydrogen-bond acceptors (Lipinski definition) is 5. The molecule has 1 amide bonds. The predicted octanol–water partition coefficient (Wildman–Crippen LogP) is 7.18. The van der Waals surface area contributed by atoms with Gasteiger partial charge in [-0.15, -0.1) is 11.3 Å². The number of rotatable bonds is 5. The van der Waals surface area contributed by atoms with Crippen molar-refractivity contribution in [1.29, 1.82) is 0 Å². The van der Waals surface area contributed by atoms with Crippen LogP contribution in [0.15, 0.2) is 48.5 Å². The van der Waals surface area contributed by atoms with Crippen molar-refractivity contribution in [3.05, 3.63) is 80.1 Å². The second kappa shape index (κ2) is 9.51. The SMILES string of the molecule is CCc1c(C)sc(NC(=O)c2cc(-c3ccc(Cl)cc3Cl)nc3ccccc23)c1C(=O)OC. The Labute approximate surface area is 205 Å². The molecule has 0 unspecified atom stereocenters. The Morgan fingerprint density at radius 2 is 1.88 bits per heavy atom. The normalized spacial score (nSPS) is 10.9. The summed E-state index contributed by atoms with van der Waals surface area (Å²) >= 11 is 13.8. The molecule has 0 radical (unpaired) electrons. The number of methoxy groups -OCH3 is 1. The van der Waals surface area contributed by atoms with E-state index < -0.39 is 5.97 Å². The molecule has 0 saturated heterocycles. The van der Waals surface area contributed by atoms with Crippen LogP contribution in [-0.4, -0.2) is 24.0 Å². The third kappa shape index (κ3) is 4.47. The van der Waals surface area contributed by atoms with Gasteiger partial charge in [-0.05, 0) is 49.2 Å². The van der Waals surface area contributed by atoms with E-state index in [0.29, 0.717) is 54.8 Å². The van der Waals surface area contributed by atoms with Crippen LogP contribution < -0.4 is 5.32 Å². The number of carbonyl (C=O) groups is 2. The summed E-state index contributed by atoms with van der Waals surface area (Å²) < 4.78 is 4.97. The van der Waals surface area contributed by atoms with Crippen LogP contribution in [-0.2, 0) is 11.2 Å². The van der Waals surface area contributed by atoms with Gasteiger partial charge >= 0.3 is 5.97 Å². The van der Waals surface area contributed by atoms with Crippen molar-refractivity contribution in [1.82, 2.24) is 4.98 Å². The summed E-state index contributed by atoms with van der Waals surface area (Å²) in [5, 5.41) is 5.03. The Bertz CT molecular complexity index is 1400. The zero-order valence-electron chi connectivity index (χ0n) is 18.2. The van der Waals surface area contributed by atoms with E-state index in [1.165, 1.54) is 18.4 Å². The molecule has 2 aromatic carbocycles. The number of esters is 1. The quantitative estimate of drug-likeness (QED) is 0.296. The minimum absolute atomic E-state index is 0.353. The second-order valence-electron chi connectivity index (χ2n) is 7.34. The maximum atomic E-state index is 13.5. The Morgan fingerprint density at radius 1 is 1.12 bits per heavy atom. The highest BCUT2D eigenvalue weighted by Crippen LogP contribution is 2.36. The average Bonchev–Trinajstić information content (AvgIpc) is 3.12. The number of pyridine rings is 1. The molecule has 4 rings (SSSR count). The topological polar surface area (TPSA) is 68.3 Å². The van der Waals surface area contributed by atoms with Crippen LogP contribution in [0.3, 0.4) is 0 Å². The molecule has 0 aliphatic carbocycles. The molecule has 168 valence electrons. The van der Waals surface area contributed by atoms with E-state index in [-0.39, 0.29) is 5.91 Å². The zero-order chi connectivity index (χ0) is 23.7. The van der Waals surface area contributed by atoms with Gasteiger partial charge < -0.3 is 10.1 Å². The molecule has 0 spiro atoms. The molecular weight excluding hydrogens is 479 g/mol. The number of thiophene rings is 1. The monoisotopic (exact) mass is 498 g/mol. The number of ether oxygens (including phenoxy) is 1. The molecule has 5 nitrogen and oxygen atoms in total. The van der Waals surface area contributed by atoms with Gasteiger partial charge in [0.15, 0.2) is 0 Å². The van der Waals surface area contributed by atoms with E-state index in [0.717, 1.165) is 10.4 Å². The van der Waals surface area contributed by atoms with Crippen LogP contribution in [0.5, 0.6) is 0 Å². The zero-order valence-corrected chi connectivity index (χ0v) is 20.5. The largest absolute Gasteiger partial charge is 0.465 e. The molecule has 8 heteroatoms. The summed E-state index contributed by atoms with van der Waals surface area (Å²) in [6, 6.07) is 14.2. The van der Waals surface area contributed by atoms with E-state index in [1.54, 1.807) is 24.3 Å². The third-order valence-corrected chi connectivity index (χ3v) is 6.96. The van der Waals surface area contributed by atoms with Crippen molar-refractivity contribution in [3.63, 3.8) is 0 Å². The fourth-order valence-corrected chi connectivity index (χ4v) is 5.41. The van der Waals surface area contributed by atoms with E-state index in [4.69, 9.17) is 32.9 Å². The Kier molecular flexibility index (Phi) is 6.70. The summed E-state index contributed by atoms with van der Waals surface area (Å²) in [5.74, 6) is -0.825. The van der Waals surface area contributed by atoms with Gasteiger partial charge in [0, 0.05) is 20.8 Å². The number of hydrogen-bond donors (Lipinski definition) is 1. The fourth-order valence-electron chi connectivity index (χ4n) is 3.78. The molecular formula is C25H20Cl2N2O3S. The molecule has 0 aliphatic rings. The van der Waals surface area contributed by atoms with Crippen molar-refractivity contribution in [2.45, 2.75) is 20.3 Å². The first-order valence-electron chi connectivity index (χ1n) is 10.2. The van der Waals surface area contributed by atoms with Gasteiger partial charge in [-0.1, -0.05) is 48.3 Å². The lowest BCUT2D eigenvalue weighted by Gasteiger charge is -2.12. The van der Waals surface area contributed by atoms with Crippen molar-refractivity contribution in [3.8, 4) is 11.3 Å². The van der Waals surface area contributed by atoms with Gasteiger partial charge in [0.25, 0.3) is 5.91 Å². The minimum atomic E-state index is -0.472. The maximum Gasteiger partial charge on any atom is 0.341 e. The summed E-state index contributed by atoms with van der Waals surface area (Å²) in [5.41, 5.74) is 3.55. The first kappa shape index (κ1) is 23.2. The lowest BCUT2D eigenvalue weighted by atomic mass is 10.0. The van der Waals surface area contributed by atoms with Gasteiger partial charge in [-0.25, -0.2) is 9.78 Å². The summed E-state index contributed by atoms with van der Waals surface area (Å²) in [6.07, 6.45) is 0.653. The second-order valence-corrected chi connectivity index (χ2v) is 9.40. The summed E-state index contributed by atoms with van der Waals surface area (Å²) in [7, 11) is 1.33. The molecule has 0 fully saturated rings. The van der Waals surface area contributed by atoms with E-state index in [9.17, 15) is 9.59 Å². The molecule has 4 aromatic rings. The van der Waals surface area contributed by atoms with E-state index in [2.05, 4.69) is 5.32 Å². The highest BCUT2D eigenvalue weighted by atomic mass is 35.5. The van der Waals surface area contributed by atoms with Crippen LogP contribution >= 0.6 is 34.5 Å². The lowest BCUT2D eigenvalue weighted by Crippen LogP contribution is -2.15. The number of nitrogens with one attached hydrogen (secondary N) is 1. The number of nitrogens with zero attached hydrogens (tertiary/aromatic N) is 1. The highest BCUT2D eigenvalue weighted by Gasteiger charge is 2.24. The Hall–Kier alpha value is -2.93. The van der Waals surface area contributed by atoms with Gasteiger partial charge in [-0.2, -0.15) is 0 Å². The number of benzene rings is 2. The van der Waals surface area contributed by atoms with Gasteiger partial charge in [0.05, 0.1) is 34.5 Å². The predicted molar refractivity (Wildman–Crippen MR) is 135 cm³/mol. The first-order chi connectivity index (χ1) is 15.8. The van der Waals surface area contributed by atoms with E-state index >= 15 is 0 Å². The molecule has 1 N–H and O–H groups in total. The molecule has 0 aliphatic heterocycles. The molecule has 33 heavy (non-hydrogen) atoms. The number of para-hydroxylation sites is 1. The van der Waals surface area contributed by atoms with Crippen molar-refractivity contribution >= 4 is 62.3 Å². The molecule has 2 aromatic heterocycles. The number of carbonyl (C=O) groups excluding carboxylic acids is 2. The number of aromatic nitrogens is 1. The maximum absolute atomic E-state index is 13.5. The van der Waals surface area contributed by atoms with E-state index in [1.807, 2.05) is 38.1 Å². The highest BCUT2D eigenvalue weighted by molar-refractivity contribution is 7.16. The third-order valence-electron chi connectivity index (χ3n) is 5.35. The van der Waals surface area contributed by atoms with Crippen molar-refractivity contribution < 1.29 is 14.3 Å². The lowest BCUT2D eigenvalue weighted by molar-refractivity contribution is 0.0601. The van der Waals surface area contributed by atoms with Crippen molar-refractivity contribution in [2.24, 2.45) is 0 Å². The molecule has 2 heterocycles. The summed E-state index contributed by atoms with van der Waals surface area (Å²) in [4.78, 5) is 31.6. The van der Waals surface area contributed by atoms with Gasteiger partial charge in [-0.3, -0.25) is 4.79 Å². The van der Waals surface area contributed by atoms with Crippen molar-refractivity contribution in [2.75, 3.05) is 12.4 Å². The number of halogens is 2. The van der Waals surface area contributed by atoms with Crippen LogP contribution in [0.1, 0.15) is 38.1 Å². The molecule has 0 bridgehead atoms. The Morgan fingerprint density at radius 3 is 2.58 bits per heavy atom. The van der Waals surface area contributed by atoms with Gasteiger partial charge in [0.2, 0.25) is 0 Å². The standard InChI is InChI=1S/C25H20Cl2N2O3S/c1-4-15-13(2)33-24(22(15)25(31)32-3)29-23(30)18-12-21(17-10-9-14(26)11-19(17)27)28-20-8-6-5-7-16(18)20/h5-12H,4H2,1-3H3,(H,29,30). The molecule has 0 atom stereocenters. The van der Waals surface area contributed by atoms with Gasteiger partial charge in [0.1, 0.15) is 5.00 Å². The summed E-state index contributed by atoms with van der Waals surface area (Å²) in [6.45, 7) is 3.89. The van der Waals surface area contributed by atoms with Crippen LogP contribution in [0.25, 0.3) is 22.2 Å². The minimum Gasteiger partial charge on any atom is -0.465 e. The number of amides is 1. The fraction of sp³-hybridized carbons (Fsp3) is 0.160. The number of anilines is 1. The van der Waals surface area contributed by atoms with Crippen LogP contribution in [0.2, 0.25) is 10.0 Å². The first-order valence-corrected chi connectivity index (χ1v) is 11.8. The molecule has 0 saturated carbocycles. The smallest absolute Gasteiger partial charge is 0.341 e.